The van der Waals surface area contributed by atoms with E-state index in [1.54, 1.807) is 19.2 Å². The second kappa shape index (κ2) is 5.63. The van der Waals surface area contributed by atoms with E-state index in [-0.39, 0.29) is 0 Å². The van der Waals surface area contributed by atoms with Crippen molar-refractivity contribution in [3.8, 4) is 11.8 Å². The number of rotatable bonds is 4. The van der Waals surface area contributed by atoms with Crippen LogP contribution in [-0.2, 0) is 4.74 Å². The van der Waals surface area contributed by atoms with Crippen molar-refractivity contribution in [1.82, 2.24) is 0 Å². The smallest absolute Gasteiger partial charge is 0.137 e. The van der Waals surface area contributed by atoms with Crippen molar-refractivity contribution in [2.75, 3.05) is 20.3 Å². The number of nitrogens with zero attached hydrogens (tertiary/aromatic N) is 1. The Labute approximate surface area is 91.4 Å². The predicted octanol–water partition coefficient (Wildman–Crippen LogP) is 2.35. The maximum absolute atomic E-state index is 8.82. The van der Waals surface area contributed by atoms with Crippen LogP contribution in [0.3, 0.4) is 0 Å². The Morgan fingerprint density at radius 2 is 2.21 bits per heavy atom. The molecule has 0 N–H and O–H groups in total. The second-order valence-corrected chi connectivity index (χ2v) is 3.51. The zero-order chi connectivity index (χ0) is 10.4. The molecule has 0 saturated heterocycles. The van der Waals surface area contributed by atoms with Gasteiger partial charge in [0.05, 0.1) is 12.2 Å². The van der Waals surface area contributed by atoms with Crippen LogP contribution in [0.1, 0.15) is 5.56 Å². The summed E-state index contributed by atoms with van der Waals surface area (Å²) in [5.74, 6) is 0.591. The van der Waals surface area contributed by atoms with Gasteiger partial charge in [-0.25, -0.2) is 0 Å². The van der Waals surface area contributed by atoms with Crippen molar-refractivity contribution in [3.63, 3.8) is 0 Å². The fraction of sp³-hybridized carbons (Fsp3) is 0.300. The Morgan fingerprint density at radius 1 is 1.43 bits per heavy atom. The van der Waals surface area contributed by atoms with Gasteiger partial charge in [-0.1, -0.05) is 15.9 Å². The van der Waals surface area contributed by atoms with Crippen LogP contribution in [-0.4, -0.2) is 20.3 Å². The lowest BCUT2D eigenvalue weighted by atomic mass is 10.2. The quantitative estimate of drug-likeness (QED) is 0.776. The summed E-state index contributed by atoms with van der Waals surface area (Å²) in [4.78, 5) is 0. The molecule has 0 radical (unpaired) electrons. The van der Waals surface area contributed by atoms with Crippen molar-refractivity contribution in [2.45, 2.75) is 0 Å². The van der Waals surface area contributed by atoms with Gasteiger partial charge in [-0.05, 0) is 18.2 Å². The van der Waals surface area contributed by atoms with Crippen LogP contribution in [0.2, 0.25) is 0 Å². The number of halogens is 1. The molecule has 0 saturated carbocycles. The third-order valence-electron chi connectivity index (χ3n) is 1.61. The van der Waals surface area contributed by atoms with Gasteiger partial charge < -0.3 is 9.47 Å². The van der Waals surface area contributed by atoms with Gasteiger partial charge in [0.1, 0.15) is 18.4 Å². The number of methoxy groups -OCH3 is 1. The largest absolute Gasteiger partial charge is 0.490 e. The van der Waals surface area contributed by atoms with Gasteiger partial charge in [-0.3, -0.25) is 0 Å². The Kier molecular flexibility index (Phi) is 4.44. The van der Waals surface area contributed by atoms with E-state index in [0.717, 1.165) is 4.47 Å². The van der Waals surface area contributed by atoms with Gasteiger partial charge in [-0.2, -0.15) is 5.26 Å². The lowest BCUT2D eigenvalue weighted by Gasteiger charge is -2.06. The SMILES string of the molecule is COCCOc1ccc(Br)cc1C#N. The Balaban J connectivity index is 2.72. The minimum Gasteiger partial charge on any atom is -0.490 e. The predicted molar refractivity (Wildman–Crippen MR) is 56.2 cm³/mol. The highest BCUT2D eigenvalue weighted by Crippen LogP contribution is 2.22. The summed E-state index contributed by atoms with van der Waals surface area (Å²) in [6, 6.07) is 7.39. The molecule has 74 valence electrons. The van der Waals surface area contributed by atoms with Crippen molar-refractivity contribution in [3.05, 3.63) is 28.2 Å². The van der Waals surface area contributed by atoms with Crippen LogP contribution in [0.5, 0.6) is 5.75 Å². The minimum atomic E-state index is 0.451. The monoisotopic (exact) mass is 255 g/mol. The Morgan fingerprint density at radius 3 is 2.86 bits per heavy atom. The highest BCUT2D eigenvalue weighted by molar-refractivity contribution is 9.10. The fourth-order valence-electron chi connectivity index (χ4n) is 0.950. The van der Waals surface area contributed by atoms with Gasteiger partial charge in [0.25, 0.3) is 0 Å². The summed E-state index contributed by atoms with van der Waals surface area (Å²) in [6.07, 6.45) is 0. The van der Waals surface area contributed by atoms with Gasteiger partial charge in [0.15, 0.2) is 0 Å². The van der Waals surface area contributed by atoms with E-state index in [2.05, 4.69) is 22.0 Å². The third-order valence-corrected chi connectivity index (χ3v) is 2.10. The van der Waals surface area contributed by atoms with Crippen LogP contribution >= 0.6 is 15.9 Å². The standard InChI is InChI=1S/C10H10BrNO2/c1-13-4-5-14-10-3-2-9(11)6-8(10)7-12/h2-3,6H,4-5H2,1H3. The molecule has 0 aliphatic carbocycles. The summed E-state index contributed by atoms with van der Waals surface area (Å²) in [5.41, 5.74) is 0.524. The van der Waals surface area contributed by atoms with E-state index in [1.165, 1.54) is 0 Å². The Bertz CT molecular complexity index is 346. The molecule has 3 nitrogen and oxygen atoms in total. The van der Waals surface area contributed by atoms with Gasteiger partial charge >= 0.3 is 0 Å². The molecule has 0 aromatic heterocycles. The van der Waals surface area contributed by atoms with Crippen LogP contribution in [0.25, 0.3) is 0 Å². The molecular formula is C10H10BrNO2. The number of hydrogen-bond acceptors (Lipinski definition) is 3. The number of nitriles is 1. The molecule has 0 bridgehead atoms. The van der Waals surface area contributed by atoms with E-state index in [0.29, 0.717) is 24.5 Å². The molecule has 0 aliphatic rings. The molecular weight excluding hydrogens is 246 g/mol. The molecule has 0 atom stereocenters. The first-order valence-corrected chi connectivity index (χ1v) is 4.88. The first-order valence-electron chi connectivity index (χ1n) is 4.09. The zero-order valence-corrected chi connectivity index (χ0v) is 9.37. The number of benzene rings is 1. The normalized spacial score (nSPS) is 9.50. The highest BCUT2D eigenvalue weighted by Gasteiger charge is 2.02. The van der Waals surface area contributed by atoms with Crippen molar-refractivity contribution < 1.29 is 9.47 Å². The summed E-state index contributed by atoms with van der Waals surface area (Å²) < 4.78 is 11.1. The Hall–Kier alpha value is -1.05. The van der Waals surface area contributed by atoms with E-state index in [9.17, 15) is 0 Å². The third kappa shape index (κ3) is 3.02. The van der Waals surface area contributed by atoms with E-state index < -0.39 is 0 Å². The van der Waals surface area contributed by atoms with E-state index >= 15 is 0 Å². The first kappa shape index (κ1) is 11.0. The van der Waals surface area contributed by atoms with Crippen LogP contribution in [0, 0.1) is 11.3 Å². The number of ether oxygens (including phenoxy) is 2. The minimum absolute atomic E-state index is 0.451. The summed E-state index contributed by atoms with van der Waals surface area (Å²) in [6.45, 7) is 0.966. The highest BCUT2D eigenvalue weighted by atomic mass is 79.9. The van der Waals surface area contributed by atoms with Crippen molar-refractivity contribution >= 4 is 15.9 Å². The zero-order valence-electron chi connectivity index (χ0n) is 7.79. The maximum atomic E-state index is 8.82. The molecule has 0 spiro atoms. The molecule has 14 heavy (non-hydrogen) atoms. The van der Waals surface area contributed by atoms with Crippen molar-refractivity contribution in [1.29, 1.82) is 5.26 Å². The topological polar surface area (TPSA) is 42.2 Å². The molecule has 1 aromatic rings. The van der Waals surface area contributed by atoms with Crippen LogP contribution in [0.15, 0.2) is 22.7 Å². The molecule has 4 heteroatoms. The second-order valence-electron chi connectivity index (χ2n) is 2.59. The molecule has 0 aliphatic heterocycles. The summed E-state index contributed by atoms with van der Waals surface area (Å²) in [7, 11) is 1.61. The van der Waals surface area contributed by atoms with E-state index in [1.807, 2.05) is 6.07 Å². The molecule has 0 amide bonds. The molecule has 0 heterocycles. The van der Waals surface area contributed by atoms with Gasteiger partial charge in [-0.15, -0.1) is 0 Å². The van der Waals surface area contributed by atoms with Gasteiger partial charge in [0.2, 0.25) is 0 Å². The van der Waals surface area contributed by atoms with Crippen molar-refractivity contribution in [2.24, 2.45) is 0 Å². The fourth-order valence-corrected chi connectivity index (χ4v) is 1.31. The number of hydrogen-bond donors (Lipinski definition) is 0. The molecule has 0 unspecified atom stereocenters. The van der Waals surface area contributed by atoms with Gasteiger partial charge in [0, 0.05) is 11.6 Å². The molecule has 1 rings (SSSR count). The summed E-state index contributed by atoms with van der Waals surface area (Å²) in [5, 5.41) is 8.82. The average molecular weight is 256 g/mol. The summed E-state index contributed by atoms with van der Waals surface area (Å²) >= 11 is 3.29. The first-order chi connectivity index (χ1) is 6.77. The lowest BCUT2D eigenvalue weighted by Crippen LogP contribution is -2.05. The average Bonchev–Trinajstić information content (AvgIpc) is 2.20. The van der Waals surface area contributed by atoms with Crippen LogP contribution < -0.4 is 4.74 Å². The molecule has 0 fully saturated rings. The van der Waals surface area contributed by atoms with E-state index in [4.69, 9.17) is 14.7 Å². The molecule has 1 aromatic carbocycles. The van der Waals surface area contributed by atoms with Crippen LogP contribution in [0.4, 0.5) is 0 Å². The lowest BCUT2D eigenvalue weighted by molar-refractivity contribution is 0.146. The maximum Gasteiger partial charge on any atom is 0.137 e.